The molecule has 0 amide bonds. The average Bonchev–Trinajstić information content (AvgIpc) is 3.19. The van der Waals surface area contributed by atoms with E-state index in [0.29, 0.717) is 11.4 Å². The van der Waals surface area contributed by atoms with Crippen molar-refractivity contribution in [3.8, 4) is 0 Å². The van der Waals surface area contributed by atoms with Crippen LogP contribution in [0.15, 0.2) is 34.1 Å². The van der Waals surface area contributed by atoms with E-state index < -0.39 is 10.0 Å². The van der Waals surface area contributed by atoms with Gasteiger partial charge >= 0.3 is 0 Å². The van der Waals surface area contributed by atoms with Gasteiger partial charge in [0.15, 0.2) is 0 Å². The number of rotatable bonds is 4. The minimum absolute atomic E-state index is 0.0383. The molecule has 21 heavy (non-hydrogen) atoms. The van der Waals surface area contributed by atoms with Crippen LogP contribution in [0.3, 0.4) is 0 Å². The normalized spacial score (nSPS) is 20.4. The quantitative estimate of drug-likeness (QED) is 0.868. The van der Waals surface area contributed by atoms with Crippen molar-refractivity contribution in [2.75, 3.05) is 6.54 Å². The molecule has 2 aromatic heterocycles. The lowest BCUT2D eigenvalue weighted by molar-refractivity contribution is 0.397. The second kappa shape index (κ2) is 5.55. The summed E-state index contributed by atoms with van der Waals surface area (Å²) >= 11 is 1.60. The molecular formula is C14H19N3O2S2. The summed E-state index contributed by atoms with van der Waals surface area (Å²) in [4.78, 5) is 0.290. The van der Waals surface area contributed by atoms with Gasteiger partial charge in [-0.3, -0.25) is 4.68 Å². The summed E-state index contributed by atoms with van der Waals surface area (Å²) in [5, 5.41) is 8.19. The van der Waals surface area contributed by atoms with Gasteiger partial charge in [-0.25, -0.2) is 8.42 Å². The summed E-state index contributed by atoms with van der Waals surface area (Å²) in [6, 6.07) is 2.13. The molecule has 0 aliphatic carbocycles. The van der Waals surface area contributed by atoms with Crippen molar-refractivity contribution < 1.29 is 8.42 Å². The van der Waals surface area contributed by atoms with Crippen molar-refractivity contribution in [3.05, 3.63) is 34.8 Å². The zero-order valence-corrected chi connectivity index (χ0v) is 13.8. The molecule has 3 rings (SSSR count). The Morgan fingerprint density at radius 2 is 2.24 bits per heavy atom. The molecular weight excluding hydrogens is 306 g/mol. The van der Waals surface area contributed by atoms with Crippen molar-refractivity contribution >= 4 is 21.4 Å². The van der Waals surface area contributed by atoms with Crippen LogP contribution in [0.25, 0.3) is 0 Å². The summed E-state index contributed by atoms with van der Waals surface area (Å²) < 4.78 is 29.0. The molecule has 1 saturated heterocycles. The van der Waals surface area contributed by atoms with Crippen LogP contribution >= 0.6 is 11.3 Å². The molecule has 0 radical (unpaired) electrons. The van der Waals surface area contributed by atoms with Crippen molar-refractivity contribution in [2.24, 2.45) is 0 Å². The van der Waals surface area contributed by atoms with Crippen molar-refractivity contribution in [1.29, 1.82) is 0 Å². The van der Waals surface area contributed by atoms with Gasteiger partial charge < -0.3 is 0 Å². The maximum absolute atomic E-state index is 12.9. The highest BCUT2D eigenvalue weighted by atomic mass is 32.2. The average molecular weight is 325 g/mol. The molecule has 0 saturated carbocycles. The zero-order valence-electron chi connectivity index (χ0n) is 12.1. The maximum Gasteiger partial charge on any atom is 0.246 e. The second-order valence-electron chi connectivity index (χ2n) is 5.58. The van der Waals surface area contributed by atoms with Crippen LogP contribution < -0.4 is 0 Å². The van der Waals surface area contributed by atoms with E-state index in [-0.39, 0.29) is 12.1 Å². The number of thiophene rings is 1. The Labute approximate surface area is 129 Å². The Bertz CT molecular complexity index is 704. The Balaban J connectivity index is 1.93. The minimum Gasteiger partial charge on any atom is -0.269 e. The molecule has 2 aromatic rings. The van der Waals surface area contributed by atoms with Gasteiger partial charge in [-0.1, -0.05) is 0 Å². The first-order valence-electron chi connectivity index (χ1n) is 7.08. The lowest BCUT2D eigenvalue weighted by atomic mass is 10.1. The Kier molecular flexibility index (Phi) is 3.90. The topological polar surface area (TPSA) is 55.2 Å². The number of hydrogen-bond donors (Lipinski definition) is 0. The van der Waals surface area contributed by atoms with Crippen LogP contribution in [0.2, 0.25) is 0 Å². The molecule has 0 aromatic carbocycles. The lowest BCUT2D eigenvalue weighted by Crippen LogP contribution is -2.30. The summed E-state index contributed by atoms with van der Waals surface area (Å²) in [7, 11) is -3.47. The monoisotopic (exact) mass is 325 g/mol. The molecule has 3 heterocycles. The third-order valence-corrected chi connectivity index (χ3v) is 6.41. The van der Waals surface area contributed by atoms with Crippen LogP contribution in [-0.2, 0) is 10.0 Å². The van der Waals surface area contributed by atoms with Crippen LogP contribution in [0.5, 0.6) is 0 Å². The van der Waals surface area contributed by atoms with Gasteiger partial charge in [0.05, 0.1) is 12.2 Å². The van der Waals surface area contributed by atoms with Gasteiger partial charge in [-0.15, -0.1) is 0 Å². The van der Waals surface area contributed by atoms with Crippen LogP contribution in [-0.4, -0.2) is 29.0 Å². The lowest BCUT2D eigenvalue weighted by Gasteiger charge is -2.22. The van der Waals surface area contributed by atoms with Gasteiger partial charge in [0.2, 0.25) is 10.0 Å². The minimum atomic E-state index is -3.47. The number of nitrogens with zero attached hydrogens (tertiary/aromatic N) is 3. The molecule has 5 nitrogen and oxygen atoms in total. The van der Waals surface area contributed by atoms with Crippen LogP contribution in [0.4, 0.5) is 0 Å². The fraction of sp³-hybridized carbons (Fsp3) is 0.500. The predicted molar refractivity (Wildman–Crippen MR) is 82.8 cm³/mol. The van der Waals surface area contributed by atoms with E-state index in [1.807, 2.05) is 30.7 Å². The third-order valence-electron chi connectivity index (χ3n) is 3.85. The molecule has 7 heteroatoms. The molecule has 1 atom stereocenters. The fourth-order valence-corrected chi connectivity index (χ4v) is 5.03. The summed E-state index contributed by atoms with van der Waals surface area (Å²) in [5.41, 5.74) is 1.09. The van der Waals surface area contributed by atoms with E-state index in [9.17, 15) is 8.42 Å². The third kappa shape index (κ3) is 2.65. The van der Waals surface area contributed by atoms with E-state index in [4.69, 9.17) is 0 Å². The van der Waals surface area contributed by atoms with Gasteiger partial charge in [-0.2, -0.15) is 20.7 Å². The van der Waals surface area contributed by atoms with E-state index in [0.717, 1.165) is 18.4 Å². The molecule has 1 fully saturated rings. The first-order chi connectivity index (χ1) is 10.00. The first kappa shape index (κ1) is 14.7. The van der Waals surface area contributed by atoms with E-state index in [2.05, 4.69) is 5.10 Å². The molecule has 0 spiro atoms. The largest absolute Gasteiger partial charge is 0.269 e. The molecule has 1 aliphatic heterocycles. The SMILES string of the molecule is CC(C)n1cc(S(=O)(=O)N2CCCC2c2ccsc2)cn1. The molecule has 114 valence electrons. The Hall–Kier alpha value is -1.18. The van der Waals surface area contributed by atoms with Gasteiger partial charge in [0.25, 0.3) is 0 Å². The van der Waals surface area contributed by atoms with Crippen LogP contribution in [0, 0.1) is 0 Å². The smallest absolute Gasteiger partial charge is 0.246 e. The highest BCUT2D eigenvalue weighted by molar-refractivity contribution is 7.89. The van der Waals surface area contributed by atoms with E-state index in [1.54, 1.807) is 26.5 Å². The number of hydrogen-bond acceptors (Lipinski definition) is 4. The van der Waals surface area contributed by atoms with E-state index >= 15 is 0 Å². The standard InChI is InChI=1S/C14H19N3O2S2/c1-11(2)16-9-13(8-15-16)21(18,19)17-6-3-4-14(17)12-5-7-20-10-12/h5,7-11,14H,3-4,6H2,1-2H3. The summed E-state index contributed by atoms with van der Waals surface area (Å²) in [6.07, 6.45) is 4.87. The van der Waals surface area contributed by atoms with Crippen molar-refractivity contribution in [2.45, 2.75) is 43.7 Å². The van der Waals surface area contributed by atoms with Crippen LogP contribution in [0.1, 0.15) is 44.3 Å². The highest BCUT2D eigenvalue weighted by Gasteiger charge is 2.37. The van der Waals surface area contributed by atoms with Gasteiger partial charge in [0.1, 0.15) is 4.90 Å². The predicted octanol–water partition coefficient (Wildman–Crippen LogP) is 3.05. The first-order valence-corrected chi connectivity index (χ1v) is 9.46. The van der Waals surface area contributed by atoms with E-state index in [1.165, 1.54) is 6.20 Å². The Morgan fingerprint density at radius 1 is 1.43 bits per heavy atom. The Morgan fingerprint density at radius 3 is 2.86 bits per heavy atom. The van der Waals surface area contributed by atoms with Gasteiger partial charge in [0, 0.05) is 18.8 Å². The molecule has 0 N–H and O–H groups in total. The number of sulfonamides is 1. The zero-order chi connectivity index (χ0) is 15.0. The summed E-state index contributed by atoms with van der Waals surface area (Å²) in [6.45, 7) is 4.54. The number of aromatic nitrogens is 2. The highest BCUT2D eigenvalue weighted by Crippen LogP contribution is 2.37. The molecule has 0 bridgehead atoms. The second-order valence-corrected chi connectivity index (χ2v) is 8.25. The summed E-state index contributed by atoms with van der Waals surface area (Å²) in [5.74, 6) is 0. The van der Waals surface area contributed by atoms with Crippen molar-refractivity contribution in [3.63, 3.8) is 0 Å². The molecule has 1 aliphatic rings. The maximum atomic E-state index is 12.9. The fourth-order valence-electron chi connectivity index (χ4n) is 2.70. The van der Waals surface area contributed by atoms with Crippen molar-refractivity contribution in [1.82, 2.24) is 14.1 Å². The van der Waals surface area contributed by atoms with Gasteiger partial charge in [-0.05, 0) is 49.1 Å². The molecule has 1 unspecified atom stereocenters.